The van der Waals surface area contributed by atoms with Gasteiger partial charge in [-0.2, -0.15) is 0 Å². The first-order chi connectivity index (χ1) is 15.0. The Labute approximate surface area is 186 Å². The molecule has 2 N–H and O–H groups in total. The average Bonchev–Trinajstić information content (AvgIpc) is 3.45. The van der Waals surface area contributed by atoms with Crippen molar-refractivity contribution in [3.05, 3.63) is 51.9 Å². The third kappa shape index (κ3) is 4.94. The number of anilines is 1. The number of urea groups is 1. The summed E-state index contributed by atoms with van der Waals surface area (Å²) in [4.78, 5) is 55.9. The molecule has 0 bridgehead atoms. The van der Waals surface area contributed by atoms with E-state index in [2.05, 4.69) is 15.6 Å². The van der Waals surface area contributed by atoms with Crippen molar-refractivity contribution in [2.75, 3.05) is 31.1 Å². The highest BCUT2D eigenvalue weighted by atomic mass is 32.2. The average molecular weight is 458 g/mol. The molecule has 2 aromatic rings. The molecule has 11 heteroatoms. The molecule has 3 heterocycles. The zero-order valence-corrected chi connectivity index (χ0v) is 18.0. The standard InChI is InChI=1S/C20H19N5O4S2/c26-16(11-14-12-30-19(23-14)25-9-7-22-18(25)28)21-6-8-24-17(27)15(31-20(24)29)10-13-4-2-1-3-5-13/h1-5,10,12H,6-9,11H2,(H,21,26)(H,22,28)/b15-10+. The number of thiazole rings is 1. The molecular weight excluding hydrogens is 438 g/mol. The van der Waals surface area contributed by atoms with Gasteiger partial charge in [0.15, 0.2) is 5.13 Å². The highest BCUT2D eigenvalue weighted by Gasteiger charge is 2.34. The molecular formula is C20H19N5O4S2. The number of nitrogens with zero attached hydrogens (tertiary/aromatic N) is 3. The minimum atomic E-state index is -0.360. The van der Waals surface area contributed by atoms with E-state index in [9.17, 15) is 19.2 Å². The number of thioether (sulfide) groups is 1. The van der Waals surface area contributed by atoms with E-state index >= 15 is 0 Å². The number of rotatable bonds is 7. The number of carbonyl (C=O) groups is 4. The summed E-state index contributed by atoms with van der Waals surface area (Å²) < 4.78 is 0. The van der Waals surface area contributed by atoms with Crippen LogP contribution in [0, 0.1) is 0 Å². The van der Waals surface area contributed by atoms with Gasteiger partial charge in [0.05, 0.1) is 17.0 Å². The number of amides is 5. The van der Waals surface area contributed by atoms with E-state index in [1.807, 2.05) is 30.3 Å². The summed E-state index contributed by atoms with van der Waals surface area (Å²) in [7, 11) is 0. The van der Waals surface area contributed by atoms with Crippen LogP contribution in [0.25, 0.3) is 6.08 Å². The Morgan fingerprint density at radius 2 is 2.03 bits per heavy atom. The normalized spacial score (nSPS) is 17.5. The second-order valence-electron chi connectivity index (χ2n) is 6.78. The van der Waals surface area contributed by atoms with Crippen molar-refractivity contribution in [2.45, 2.75) is 6.42 Å². The monoisotopic (exact) mass is 457 g/mol. The minimum absolute atomic E-state index is 0.0573. The van der Waals surface area contributed by atoms with E-state index in [0.717, 1.165) is 22.2 Å². The lowest BCUT2D eigenvalue weighted by molar-refractivity contribution is -0.124. The summed E-state index contributed by atoms with van der Waals surface area (Å²) in [5, 5.41) is 7.36. The van der Waals surface area contributed by atoms with E-state index < -0.39 is 0 Å². The molecule has 5 amide bonds. The Balaban J connectivity index is 1.26. The fraction of sp³-hybridized carbons (Fsp3) is 0.250. The maximum Gasteiger partial charge on any atom is 0.323 e. The lowest BCUT2D eigenvalue weighted by atomic mass is 10.2. The second-order valence-corrected chi connectivity index (χ2v) is 8.61. The molecule has 0 spiro atoms. The van der Waals surface area contributed by atoms with Crippen LogP contribution < -0.4 is 15.5 Å². The van der Waals surface area contributed by atoms with Gasteiger partial charge in [0, 0.05) is 31.6 Å². The molecule has 1 aromatic carbocycles. The summed E-state index contributed by atoms with van der Waals surface area (Å²) in [5.74, 6) is -0.629. The van der Waals surface area contributed by atoms with Crippen molar-refractivity contribution in [1.82, 2.24) is 20.5 Å². The summed E-state index contributed by atoms with van der Waals surface area (Å²) in [5.41, 5.74) is 1.41. The number of carbonyl (C=O) groups excluding carboxylic acids is 4. The predicted octanol–water partition coefficient (Wildman–Crippen LogP) is 2.07. The molecule has 9 nitrogen and oxygen atoms in total. The molecule has 0 saturated carbocycles. The van der Waals surface area contributed by atoms with Crippen LogP contribution in [0.15, 0.2) is 40.6 Å². The number of benzene rings is 1. The topological polar surface area (TPSA) is 112 Å². The van der Waals surface area contributed by atoms with Gasteiger partial charge in [-0.1, -0.05) is 30.3 Å². The predicted molar refractivity (Wildman–Crippen MR) is 119 cm³/mol. The van der Waals surface area contributed by atoms with Gasteiger partial charge in [0.1, 0.15) is 0 Å². The van der Waals surface area contributed by atoms with Crippen LogP contribution >= 0.6 is 23.1 Å². The Bertz CT molecular complexity index is 1050. The van der Waals surface area contributed by atoms with Crippen molar-refractivity contribution in [3.63, 3.8) is 0 Å². The third-order valence-corrected chi connectivity index (χ3v) is 6.42. The molecule has 4 rings (SSSR count). The van der Waals surface area contributed by atoms with Gasteiger partial charge in [-0.3, -0.25) is 24.2 Å². The maximum absolute atomic E-state index is 12.5. The number of hydrogen-bond acceptors (Lipinski definition) is 7. The van der Waals surface area contributed by atoms with Crippen LogP contribution in [0.3, 0.4) is 0 Å². The van der Waals surface area contributed by atoms with Gasteiger partial charge in [-0.25, -0.2) is 9.78 Å². The summed E-state index contributed by atoms with van der Waals surface area (Å²) in [6.45, 7) is 1.37. The third-order valence-electron chi connectivity index (χ3n) is 4.60. The quantitative estimate of drug-likeness (QED) is 0.616. The lowest BCUT2D eigenvalue weighted by Gasteiger charge is -2.12. The first kappa shape index (κ1) is 21.1. The van der Waals surface area contributed by atoms with Gasteiger partial charge >= 0.3 is 6.03 Å². The highest BCUT2D eigenvalue weighted by molar-refractivity contribution is 8.18. The second kappa shape index (κ2) is 9.31. The molecule has 31 heavy (non-hydrogen) atoms. The van der Waals surface area contributed by atoms with Crippen LogP contribution in [-0.4, -0.2) is 59.1 Å². The van der Waals surface area contributed by atoms with Gasteiger partial charge < -0.3 is 10.6 Å². The Morgan fingerprint density at radius 1 is 1.23 bits per heavy atom. The number of nitrogens with one attached hydrogen (secondary N) is 2. The van der Waals surface area contributed by atoms with Crippen LogP contribution in [-0.2, 0) is 16.0 Å². The van der Waals surface area contributed by atoms with Gasteiger partial charge in [-0.15, -0.1) is 11.3 Å². The largest absolute Gasteiger partial charge is 0.354 e. The number of hydrogen-bond donors (Lipinski definition) is 2. The van der Waals surface area contributed by atoms with Gasteiger partial charge in [0.25, 0.3) is 11.1 Å². The molecule has 0 unspecified atom stereocenters. The van der Waals surface area contributed by atoms with E-state index in [1.54, 1.807) is 11.5 Å². The molecule has 0 atom stereocenters. The van der Waals surface area contributed by atoms with E-state index in [4.69, 9.17) is 0 Å². The Kier molecular flexibility index (Phi) is 6.33. The first-order valence-corrected chi connectivity index (χ1v) is 11.3. The van der Waals surface area contributed by atoms with Crippen molar-refractivity contribution < 1.29 is 19.2 Å². The highest BCUT2D eigenvalue weighted by Crippen LogP contribution is 2.31. The SMILES string of the molecule is O=C(Cc1csc(N2CCNC2=O)n1)NCCN1C(=O)S/C(=C/c2ccccc2)C1=O. The number of imide groups is 1. The summed E-state index contributed by atoms with van der Waals surface area (Å²) in [6, 6.07) is 9.11. The lowest BCUT2D eigenvalue weighted by Crippen LogP contribution is -2.37. The van der Waals surface area contributed by atoms with Crippen LogP contribution in [0.1, 0.15) is 11.3 Å². The Hall–Kier alpha value is -3.18. The number of aromatic nitrogens is 1. The minimum Gasteiger partial charge on any atom is -0.354 e. The maximum atomic E-state index is 12.5. The van der Waals surface area contributed by atoms with E-state index in [-0.39, 0.29) is 42.6 Å². The van der Waals surface area contributed by atoms with Crippen molar-refractivity contribution >= 4 is 57.4 Å². The molecule has 160 valence electrons. The molecule has 2 aliphatic heterocycles. The van der Waals surface area contributed by atoms with Crippen LogP contribution in [0.4, 0.5) is 14.7 Å². The van der Waals surface area contributed by atoms with Gasteiger partial charge in [-0.05, 0) is 23.4 Å². The van der Waals surface area contributed by atoms with Crippen molar-refractivity contribution in [2.24, 2.45) is 0 Å². The molecule has 2 aliphatic rings. The fourth-order valence-corrected chi connectivity index (χ4v) is 4.80. The summed E-state index contributed by atoms with van der Waals surface area (Å²) in [6.07, 6.45) is 1.74. The molecule has 1 aromatic heterocycles. The molecule has 2 saturated heterocycles. The fourth-order valence-electron chi connectivity index (χ4n) is 3.08. The van der Waals surface area contributed by atoms with Crippen LogP contribution in [0.5, 0.6) is 0 Å². The van der Waals surface area contributed by atoms with Gasteiger partial charge in [0.2, 0.25) is 5.91 Å². The van der Waals surface area contributed by atoms with E-state index in [0.29, 0.717) is 28.8 Å². The van der Waals surface area contributed by atoms with E-state index in [1.165, 1.54) is 16.2 Å². The molecule has 0 radical (unpaired) electrons. The molecule has 0 aliphatic carbocycles. The van der Waals surface area contributed by atoms with Crippen molar-refractivity contribution in [3.8, 4) is 0 Å². The molecule has 2 fully saturated rings. The zero-order chi connectivity index (χ0) is 21.8. The Morgan fingerprint density at radius 3 is 2.77 bits per heavy atom. The zero-order valence-electron chi connectivity index (χ0n) is 16.4. The smallest absolute Gasteiger partial charge is 0.323 e. The van der Waals surface area contributed by atoms with Crippen LogP contribution in [0.2, 0.25) is 0 Å². The summed E-state index contributed by atoms with van der Waals surface area (Å²) >= 11 is 2.20. The first-order valence-electron chi connectivity index (χ1n) is 9.58. The van der Waals surface area contributed by atoms with Crippen molar-refractivity contribution in [1.29, 1.82) is 0 Å².